The van der Waals surface area contributed by atoms with Crippen molar-refractivity contribution < 1.29 is 13.6 Å². The fraction of sp³-hybridized carbons (Fsp3) is 0.158. The second-order valence-corrected chi connectivity index (χ2v) is 8.32. The number of carbonyl (C=O) groups is 1. The number of hydrogen-bond donors (Lipinski definition) is 1. The SMILES string of the molecule is CC(C)Sc1ccc(C(=O)Nc2nc(-c3ccc(F)c(F)c3)cs2)cc1. The Hall–Kier alpha value is -2.25. The number of benzene rings is 2. The summed E-state index contributed by atoms with van der Waals surface area (Å²) in [4.78, 5) is 17.7. The maximum absolute atomic E-state index is 13.3. The Kier molecular flexibility index (Phi) is 5.68. The first-order valence-corrected chi connectivity index (χ1v) is 9.67. The monoisotopic (exact) mass is 390 g/mol. The van der Waals surface area contributed by atoms with Crippen molar-refractivity contribution in [2.24, 2.45) is 0 Å². The molecule has 1 aromatic heterocycles. The van der Waals surface area contributed by atoms with E-state index in [9.17, 15) is 13.6 Å². The van der Waals surface area contributed by atoms with Gasteiger partial charge in [0.2, 0.25) is 0 Å². The molecule has 3 aromatic rings. The molecule has 0 fully saturated rings. The number of carbonyl (C=O) groups excluding carboxylic acids is 1. The van der Waals surface area contributed by atoms with Crippen molar-refractivity contribution >= 4 is 34.1 Å². The lowest BCUT2D eigenvalue weighted by atomic mass is 10.2. The van der Waals surface area contributed by atoms with E-state index >= 15 is 0 Å². The molecule has 1 N–H and O–H groups in total. The summed E-state index contributed by atoms with van der Waals surface area (Å²) in [5.74, 6) is -2.10. The van der Waals surface area contributed by atoms with E-state index in [1.54, 1.807) is 29.3 Å². The Labute approximate surface area is 158 Å². The standard InChI is InChI=1S/C19H16F2N2OS2/c1-11(2)26-14-6-3-12(4-7-14)18(24)23-19-22-17(10-25-19)13-5-8-15(20)16(21)9-13/h3-11H,1-2H3,(H,22,23,24). The fourth-order valence-corrected chi connectivity index (χ4v) is 3.80. The van der Waals surface area contributed by atoms with Gasteiger partial charge in [0.1, 0.15) is 0 Å². The molecular weight excluding hydrogens is 374 g/mol. The summed E-state index contributed by atoms with van der Waals surface area (Å²) >= 11 is 2.95. The van der Waals surface area contributed by atoms with Gasteiger partial charge in [0.25, 0.3) is 5.91 Å². The van der Waals surface area contributed by atoms with Crippen LogP contribution in [-0.2, 0) is 0 Å². The number of aromatic nitrogens is 1. The number of nitrogens with one attached hydrogen (secondary N) is 1. The number of thiazole rings is 1. The van der Waals surface area contributed by atoms with Crippen LogP contribution < -0.4 is 5.32 Å². The van der Waals surface area contributed by atoms with Gasteiger partial charge in [-0.3, -0.25) is 10.1 Å². The molecule has 0 bridgehead atoms. The van der Waals surface area contributed by atoms with E-state index < -0.39 is 11.6 Å². The molecule has 0 saturated heterocycles. The van der Waals surface area contributed by atoms with Crippen molar-refractivity contribution in [3.8, 4) is 11.3 Å². The van der Waals surface area contributed by atoms with Crippen LogP contribution >= 0.6 is 23.1 Å². The van der Waals surface area contributed by atoms with Crippen LogP contribution in [0.1, 0.15) is 24.2 Å². The van der Waals surface area contributed by atoms with Crippen LogP contribution in [-0.4, -0.2) is 16.1 Å². The minimum absolute atomic E-state index is 0.266. The average Bonchev–Trinajstić information content (AvgIpc) is 3.06. The Morgan fingerprint density at radius 2 is 1.85 bits per heavy atom. The highest BCUT2D eigenvalue weighted by atomic mass is 32.2. The summed E-state index contributed by atoms with van der Waals surface area (Å²) in [5, 5.41) is 5.28. The van der Waals surface area contributed by atoms with Gasteiger partial charge in [-0.25, -0.2) is 13.8 Å². The predicted molar refractivity (Wildman–Crippen MR) is 103 cm³/mol. The molecule has 7 heteroatoms. The molecular formula is C19H16F2N2OS2. The number of amides is 1. The first kappa shape index (κ1) is 18.5. The lowest BCUT2D eigenvalue weighted by Gasteiger charge is -2.06. The smallest absolute Gasteiger partial charge is 0.257 e. The Bertz CT molecular complexity index is 924. The van der Waals surface area contributed by atoms with Crippen molar-refractivity contribution in [3.63, 3.8) is 0 Å². The number of rotatable bonds is 5. The van der Waals surface area contributed by atoms with Gasteiger partial charge < -0.3 is 0 Å². The molecule has 2 aromatic carbocycles. The van der Waals surface area contributed by atoms with Crippen LogP contribution in [0.3, 0.4) is 0 Å². The van der Waals surface area contributed by atoms with Gasteiger partial charge in [-0.1, -0.05) is 13.8 Å². The second-order valence-electron chi connectivity index (χ2n) is 5.81. The van der Waals surface area contributed by atoms with Crippen molar-refractivity contribution in [1.82, 2.24) is 4.98 Å². The highest BCUT2D eigenvalue weighted by Gasteiger charge is 2.12. The van der Waals surface area contributed by atoms with Crippen LogP contribution in [0.4, 0.5) is 13.9 Å². The van der Waals surface area contributed by atoms with E-state index in [4.69, 9.17) is 0 Å². The Morgan fingerprint density at radius 1 is 1.12 bits per heavy atom. The molecule has 0 atom stereocenters. The van der Waals surface area contributed by atoms with Crippen LogP contribution in [0.2, 0.25) is 0 Å². The van der Waals surface area contributed by atoms with E-state index in [1.807, 2.05) is 12.1 Å². The third-order valence-electron chi connectivity index (χ3n) is 3.43. The summed E-state index contributed by atoms with van der Waals surface area (Å²) < 4.78 is 26.4. The van der Waals surface area contributed by atoms with Gasteiger partial charge in [0, 0.05) is 26.7 Å². The molecule has 3 nitrogen and oxygen atoms in total. The van der Waals surface area contributed by atoms with Gasteiger partial charge >= 0.3 is 0 Å². The van der Waals surface area contributed by atoms with Crippen LogP contribution in [0.15, 0.2) is 52.7 Å². The number of nitrogens with zero attached hydrogens (tertiary/aromatic N) is 1. The van der Waals surface area contributed by atoms with E-state index in [0.717, 1.165) is 17.0 Å². The fourth-order valence-electron chi connectivity index (χ4n) is 2.25. The molecule has 0 saturated carbocycles. The van der Waals surface area contributed by atoms with Gasteiger partial charge in [-0.05, 0) is 42.5 Å². The minimum Gasteiger partial charge on any atom is -0.298 e. The average molecular weight is 390 g/mol. The largest absolute Gasteiger partial charge is 0.298 e. The molecule has 0 spiro atoms. The zero-order valence-electron chi connectivity index (χ0n) is 14.1. The topological polar surface area (TPSA) is 42.0 Å². The van der Waals surface area contributed by atoms with Crippen molar-refractivity contribution in [2.75, 3.05) is 5.32 Å². The first-order valence-electron chi connectivity index (χ1n) is 7.91. The molecule has 3 rings (SSSR count). The van der Waals surface area contributed by atoms with Crippen LogP contribution in [0.25, 0.3) is 11.3 Å². The molecule has 0 aliphatic rings. The van der Waals surface area contributed by atoms with Gasteiger partial charge in [0.05, 0.1) is 5.69 Å². The second kappa shape index (κ2) is 7.97. The third-order valence-corrected chi connectivity index (χ3v) is 5.20. The highest BCUT2D eigenvalue weighted by Crippen LogP contribution is 2.27. The molecule has 0 radical (unpaired) electrons. The molecule has 0 aliphatic heterocycles. The van der Waals surface area contributed by atoms with E-state index in [-0.39, 0.29) is 5.91 Å². The quantitative estimate of drug-likeness (QED) is 0.557. The molecule has 0 unspecified atom stereocenters. The molecule has 1 heterocycles. The number of thioether (sulfide) groups is 1. The minimum atomic E-state index is -0.930. The first-order chi connectivity index (χ1) is 12.4. The van der Waals surface area contributed by atoms with Crippen molar-refractivity contribution in [1.29, 1.82) is 0 Å². The predicted octanol–water partition coefficient (Wildman–Crippen LogP) is 5.84. The summed E-state index contributed by atoms with van der Waals surface area (Å²) in [5.41, 5.74) is 1.46. The Morgan fingerprint density at radius 3 is 2.50 bits per heavy atom. The summed E-state index contributed by atoms with van der Waals surface area (Å²) in [6.45, 7) is 4.22. The number of halogens is 2. The molecule has 0 aliphatic carbocycles. The molecule has 26 heavy (non-hydrogen) atoms. The summed E-state index contributed by atoms with van der Waals surface area (Å²) in [7, 11) is 0. The zero-order chi connectivity index (χ0) is 18.7. The molecule has 134 valence electrons. The van der Waals surface area contributed by atoms with Crippen molar-refractivity contribution in [3.05, 3.63) is 65.0 Å². The van der Waals surface area contributed by atoms with Gasteiger partial charge in [-0.2, -0.15) is 0 Å². The van der Waals surface area contributed by atoms with E-state index in [0.29, 0.717) is 27.2 Å². The number of hydrogen-bond acceptors (Lipinski definition) is 4. The summed E-state index contributed by atoms with van der Waals surface area (Å²) in [6.07, 6.45) is 0. The highest BCUT2D eigenvalue weighted by molar-refractivity contribution is 7.99. The maximum atomic E-state index is 13.3. The lowest BCUT2D eigenvalue weighted by Crippen LogP contribution is -2.11. The lowest BCUT2D eigenvalue weighted by molar-refractivity contribution is 0.102. The normalized spacial score (nSPS) is 11.0. The Balaban J connectivity index is 1.70. The van der Waals surface area contributed by atoms with E-state index in [1.165, 1.54) is 17.4 Å². The van der Waals surface area contributed by atoms with Crippen molar-refractivity contribution in [2.45, 2.75) is 24.0 Å². The van der Waals surface area contributed by atoms with Crippen LogP contribution in [0.5, 0.6) is 0 Å². The number of anilines is 1. The van der Waals surface area contributed by atoms with Crippen LogP contribution in [0, 0.1) is 11.6 Å². The molecule has 1 amide bonds. The third kappa shape index (κ3) is 4.47. The van der Waals surface area contributed by atoms with E-state index in [2.05, 4.69) is 24.1 Å². The van der Waals surface area contributed by atoms with Gasteiger partial charge in [0.15, 0.2) is 16.8 Å². The summed E-state index contributed by atoms with van der Waals surface area (Å²) in [6, 6.07) is 10.9. The maximum Gasteiger partial charge on any atom is 0.257 e. The van der Waals surface area contributed by atoms with Gasteiger partial charge in [-0.15, -0.1) is 23.1 Å². The zero-order valence-corrected chi connectivity index (χ0v) is 15.8.